The Morgan fingerprint density at radius 3 is 2.76 bits per heavy atom. The third kappa shape index (κ3) is 8.34. The lowest BCUT2D eigenvalue weighted by Crippen LogP contribution is -2.00. The van der Waals surface area contributed by atoms with Crippen LogP contribution in [-0.2, 0) is 11.2 Å². The summed E-state index contributed by atoms with van der Waals surface area (Å²) in [4.78, 5) is 11.9. The molecule has 1 aromatic carbocycles. The average molecular weight is 288 g/mol. The van der Waals surface area contributed by atoms with Gasteiger partial charge in [-0.2, -0.15) is 0 Å². The van der Waals surface area contributed by atoms with Gasteiger partial charge in [0.2, 0.25) is 0 Å². The van der Waals surface area contributed by atoms with E-state index < -0.39 is 0 Å². The summed E-state index contributed by atoms with van der Waals surface area (Å²) in [5, 5.41) is 0. The molecule has 0 aliphatic heterocycles. The van der Waals surface area contributed by atoms with E-state index in [4.69, 9.17) is 4.74 Å². The van der Waals surface area contributed by atoms with Gasteiger partial charge in [-0.1, -0.05) is 38.1 Å². The summed E-state index contributed by atoms with van der Waals surface area (Å²) in [5.74, 6) is 1.84. The van der Waals surface area contributed by atoms with E-state index in [-0.39, 0.29) is 0 Å². The van der Waals surface area contributed by atoms with Gasteiger partial charge in [-0.05, 0) is 49.3 Å². The van der Waals surface area contributed by atoms with Crippen molar-refractivity contribution in [3.8, 4) is 5.75 Å². The van der Waals surface area contributed by atoms with Gasteiger partial charge in [-0.3, -0.25) is 4.79 Å². The fourth-order valence-corrected chi connectivity index (χ4v) is 2.19. The molecule has 0 aliphatic rings. The molecule has 1 rings (SSSR count). The smallest absolute Gasteiger partial charge is 0.133 e. The third-order valence-corrected chi connectivity index (χ3v) is 3.42. The molecule has 1 aromatic rings. The molecule has 2 nitrogen and oxygen atoms in total. The Balaban J connectivity index is 2.16. The molecule has 0 radical (unpaired) electrons. The number of carbonyl (C=O) groups excluding carboxylic acids is 1. The van der Waals surface area contributed by atoms with Crippen molar-refractivity contribution in [2.75, 3.05) is 7.11 Å². The van der Waals surface area contributed by atoms with Crippen molar-refractivity contribution in [2.24, 2.45) is 5.92 Å². The number of aryl methyl sites for hydroxylation is 1. The fraction of sp³-hybridized carbons (Fsp3) is 0.526. The van der Waals surface area contributed by atoms with Crippen LogP contribution in [0.25, 0.3) is 0 Å². The molecule has 0 atom stereocenters. The Morgan fingerprint density at radius 1 is 1.24 bits per heavy atom. The maximum Gasteiger partial charge on any atom is 0.133 e. The highest BCUT2D eigenvalue weighted by Gasteiger charge is 2.03. The second-order valence-corrected chi connectivity index (χ2v) is 5.81. The molecule has 0 unspecified atom stereocenters. The molecular weight excluding hydrogens is 260 g/mol. The minimum atomic E-state index is 0.366. The molecule has 0 aliphatic carbocycles. The Bertz CT molecular complexity index is 447. The summed E-state index contributed by atoms with van der Waals surface area (Å²) in [6, 6.07) is 7.95. The van der Waals surface area contributed by atoms with Gasteiger partial charge in [0.25, 0.3) is 0 Å². The van der Waals surface area contributed by atoms with Gasteiger partial charge < -0.3 is 4.74 Å². The lowest BCUT2D eigenvalue weighted by Gasteiger charge is -2.04. The summed E-state index contributed by atoms with van der Waals surface area (Å²) in [6.45, 7) is 4.36. The molecule has 0 amide bonds. The van der Waals surface area contributed by atoms with Gasteiger partial charge in [-0.15, -0.1) is 0 Å². The zero-order valence-corrected chi connectivity index (χ0v) is 13.6. The number of carbonyl (C=O) groups is 1. The molecule has 0 bridgehead atoms. The van der Waals surface area contributed by atoms with Gasteiger partial charge in [0, 0.05) is 12.8 Å². The van der Waals surface area contributed by atoms with E-state index in [1.54, 1.807) is 7.11 Å². The third-order valence-electron chi connectivity index (χ3n) is 3.42. The second kappa shape index (κ2) is 10.2. The normalized spacial score (nSPS) is 11.2. The molecule has 0 fully saturated rings. The molecule has 0 heterocycles. The topological polar surface area (TPSA) is 26.3 Å². The van der Waals surface area contributed by atoms with E-state index in [9.17, 15) is 4.79 Å². The number of rotatable bonds is 10. The molecule has 116 valence electrons. The van der Waals surface area contributed by atoms with Crippen LogP contribution in [0.3, 0.4) is 0 Å². The zero-order valence-electron chi connectivity index (χ0n) is 13.6. The van der Waals surface area contributed by atoms with Crippen LogP contribution in [-0.4, -0.2) is 12.9 Å². The van der Waals surface area contributed by atoms with Crippen molar-refractivity contribution >= 4 is 5.78 Å². The van der Waals surface area contributed by atoms with E-state index in [2.05, 4.69) is 26.0 Å². The molecule has 0 N–H and O–H groups in total. The first-order valence-electron chi connectivity index (χ1n) is 7.93. The van der Waals surface area contributed by atoms with Crippen LogP contribution in [0.2, 0.25) is 0 Å². The van der Waals surface area contributed by atoms with E-state index >= 15 is 0 Å². The number of hydrogen-bond donors (Lipinski definition) is 0. The van der Waals surface area contributed by atoms with Crippen molar-refractivity contribution in [1.29, 1.82) is 0 Å². The molecular formula is C19H28O2. The number of Topliss-reactive ketones (excluding diaryl/α,β-unsaturated/α-hetero) is 1. The number of hydrogen-bond acceptors (Lipinski definition) is 2. The first-order valence-corrected chi connectivity index (χ1v) is 7.93. The van der Waals surface area contributed by atoms with Gasteiger partial charge in [0.05, 0.1) is 7.11 Å². The van der Waals surface area contributed by atoms with Gasteiger partial charge in [0.15, 0.2) is 0 Å². The standard InChI is InChI=1S/C19H28O2/c1-16(2)9-6-4-5-7-11-18(20)14-13-17-10-8-12-19(15-17)21-3/h6,8-10,12,15-16H,4-5,7,11,13-14H2,1-3H3/b9-6+. The Hall–Kier alpha value is -1.57. The number of methoxy groups -OCH3 is 1. The summed E-state index contributed by atoms with van der Waals surface area (Å²) in [6.07, 6.45) is 9.79. The fourth-order valence-electron chi connectivity index (χ4n) is 2.19. The summed E-state index contributed by atoms with van der Waals surface area (Å²) >= 11 is 0. The summed E-state index contributed by atoms with van der Waals surface area (Å²) in [5.41, 5.74) is 1.17. The monoisotopic (exact) mass is 288 g/mol. The zero-order chi connectivity index (χ0) is 15.5. The Kier molecular flexibility index (Phi) is 8.49. The highest BCUT2D eigenvalue weighted by Crippen LogP contribution is 2.14. The van der Waals surface area contributed by atoms with E-state index in [0.29, 0.717) is 24.5 Å². The van der Waals surface area contributed by atoms with Crippen LogP contribution in [0.4, 0.5) is 0 Å². The largest absolute Gasteiger partial charge is 0.497 e. The first-order chi connectivity index (χ1) is 10.1. The molecule has 0 saturated carbocycles. The summed E-state index contributed by atoms with van der Waals surface area (Å²) < 4.78 is 5.19. The number of unbranched alkanes of at least 4 members (excludes halogenated alkanes) is 2. The van der Waals surface area contributed by atoms with Crippen LogP contribution in [0.1, 0.15) is 51.5 Å². The first kappa shape index (κ1) is 17.5. The van der Waals surface area contributed by atoms with Crippen molar-refractivity contribution < 1.29 is 9.53 Å². The van der Waals surface area contributed by atoms with Crippen molar-refractivity contribution in [3.05, 3.63) is 42.0 Å². The van der Waals surface area contributed by atoms with Crippen molar-refractivity contribution in [3.63, 3.8) is 0 Å². The van der Waals surface area contributed by atoms with E-state index in [1.807, 2.05) is 24.3 Å². The molecule has 2 heteroatoms. The van der Waals surface area contributed by atoms with E-state index in [1.165, 1.54) is 5.56 Å². The highest BCUT2D eigenvalue weighted by molar-refractivity contribution is 5.78. The number of allylic oxidation sites excluding steroid dienone is 2. The van der Waals surface area contributed by atoms with Crippen LogP contribution >= 0.6 is 0 Å². The SMILES string of the molecule is COc1cccc(CCC(=O)CCCC/C=C/C(C)C)c1. The highest BCUT2D eigenvalue weighted by atomic mass is 16.5. The van der Waals surface area contributed by atoms with Crippen LogP contribution in [0, 0.1) is 5.92 Å². The lowest BCUT2D eigenvalue weighted by atomic mass is 10.0. The van der Waals surface area contributed by atoms with Crippen molar-refractivity contribution in [2.45, 2.75) is 52.4 Å². The predicted octanol–water partition coefficient (Wildman–Crippen LogP) is 4.97. The minimum absolute atomic E-state index is 0.366. The second-order valence-electron chi connectivity index (χ2n) is 5.81. The van der Waals surface area contributed by atoms with Crippen LogP contribution in [0.15, 0.2) is 36.4 Å². The maximum absolute atomic E-state index is 11.9. The lowest BCUT2D eigenvalue weighted by molar-refractivity contribution is -0.119. The van der Waals surface area contributed by atoms with Gasteiger partial charge in [0.1, 0.15) is 11.5 Å². The number of ketones is 1. The van der Waals surface area contributed by atoms with Crippen molar-refractivity contribution in [1.82, 2.24) is 0 Å². The van der Waals surface area contributed by atoms with E-state index in [0.717, 1.165) is 31.4 Å². The van der Waals surface area contributed by atoms with Crippen LogP contribution in [0.5, 0.6) is 5.75 Å². The predicted molar refractivity (Wildman–Crippen MR) is 88.8 cm³/mol. The van der Waals surface area contributed by atoms with Gasteiger partial charge >= 0.3 is 0 Å². The minimum Gasteiger partial charge on any atom is -0.497 e. The Labute approximate surface area is 129 Å². The maximum atomic E-state index is 11.9. The molecule has 0 spiro atoms. The molecule has 21 heavy (non-hydrogen) atoms. The average Bonchev–Trinajstić information content (AvgIpc) is 2.48. The Morgan fingerprint density at radius 2 is 2.05 bits per heavy atom. The number of ether oxygens (including phenoxy) is 1. The molecule has 0 saturated heterocycles. The summed E-state index contributed by atoms with van der Waals surface area (Å²) in [7, 11) is 1.66. The van der Waals surface area contributed by atoms with Gasteiger partial charge in [-0.25, -0.2) is 0 Å². The van der Waals surface area contributed by atoms with Crippen LogP contribution < -0.4 is 4.74 Å². The quantitative estimate of drug-likeness (QED) is 0.449. The number of benzene rings is 1. The molecule has 0 aromatic heterocycles.